The number of allylic oxidation sites excluding steroid dienone is 1. The molecule has 0 atom stereocenters. The second kappa shape index (κ2) is 2.73. The van der Waals surface area contributed by atoms with Crippen LogP contribution in [0, 0.1) is 0 Å². The van der Waals surface area contributed by atoms with Gasteiger partial charge in [-0.15, -0.1) is 0 Å². The maximum absolute atomic E-state index is 10.4. The third kappa shape index (κ3) is 1.29. The van der Waals surface area contributed by atoms with Crippen LogP contribution in [0.2, 0.25) is 0 Å². The fourth-order valence-corrected chi connectivity index (χ4v) is 1.12. The molecular formula is C7H11NO2. The summed E-state index contributed by atoms with van der Waals surface area (Å²) in [4.78, 5) is 11.8. The fraction of sp³-hybridized carbons (Fsp3) is 0.571. The summed E-state index contributed by atoms with van der Waals surface area (Å²) in [5.74, 6) is 0. The van der Waals surface area contributed by atoms with E-state index in [1.807, 2.05) is 0 Å². The van der Waals surface area contributed by atoms with Gasteiger partial charge in [0.05, 0.1) is 0 Å². The molecular weight excluding hydrogens is 130 g/mol. The summed E-state index contributed by atoms with van der Waals surface area (Å²) in [5, 5.41) is 8.57. The highest BCUT2D eigenvalue weighted by molar-refractivity contribution is 5.67. The van der Waals surface area contributed by atoms with E-state index in [0.717, 1.165) is 25.0 Å². The number of rotatable bonds is 0. The smallest absolute Gasteiger partial charge is 0.411 e. The Morgan fingerprint density at radius 3 is 2.70 bits per heavy atom. The molecule has 0 bridgehead atoms. The second-order valence-electron chi connectivity index (χ2n) is 2.46. The van der Waals surface area contributed by atoms with Crippen LogP contribution < -0.4 is 0 Å². The number of carboxylic acid groups (broad SMARTS) is 1. The Morgan fingerprint density at radius 1 is 1.60 bits per heavy atom. The Bertz CT molecular complexity index is 165. The first kappa shape index (κ1) is 7.12. The van der Waals surface area contributed by atoms with Gasteiger partial charge in [-0.1, -0.05) is 6.58 Å². The van der Waals surface area contributed by atoms with Crippen molar-refractivity contribution in [1.29, 1.82) is 0 Å². The van der Waals surface area contributed by atoms with Crippen LogP contribution in [0.25, 0.3) is 0 Å². The van der Waals surface area contributed by atoms with E-state index in [0.29, 0.717) is 6.54 Å². The SMILES string of the molecule is C=C1CCCCN1C(=O)O. The minimum Gasteiger partial charge on any atom is -0.465 e. The summed E-state index contributed by atoms with van der Waals surface area (Å²) in [6, 6.07) is 0. The summed E-state index contributed by atoms with van der Waals surface area (Å²) in [7, 11) is 0. The molecule has 1 fully saturated rings. The first-order chi connectivity index (χ1) is 4.72. The van der Waals surface area contributed by atoms with Crippen LogP contribution in [0.3, 0.4) is 0 Å². The van der Waals surface area contributed by atoms with Gasteiger partial charge in [0.1, 0.15) is 0 Å². The molecule has 1 aliphatic rings. The highest BCUT2D eigenvalue weighted by atomic mass is 16.4. The minimum atomic E-state index is -0.871. The van der Waals surface area contributed by atoms with Gasteiger partial charge in [0.2, 0.25) is 0 Å². The summed E-state index contributed by atoms with van der Waals surface area (Å²) >= 11 is 0. The molecule has 1 amide bonds. The van der Waals surface area contributed by atoms with Crippen molar-refractivity contribution in [2.24, 2.45) is 0 Å². The molecule has 0 aromatic carbocycles. The number of likely N-dealkylation sites (tertiary alicyclic amines) is 1. The van der Waals surface area contributed by atoms with Crippen LogP contribution in [0.5, 0.6) is 0 Å². The number of hydrogen-bond acceptors (Lipinski definition) is 1. The Morgan fingerprint density at radius 2 is 2.30 bits per heavy atom. The fourth-order valence-electron chi connectivity index (χ4n) is 1.12. The van der Waals surface area contributed by atoms with Crippen molar-refractivity contribution in [2.75, 3.05) is 6.54 Å². The number of hydrogen-bond donors (Lipinski definition) is 1. The highest BCUT2D eigenvalue weighted by Crippen LogP contribution is 2.17. The molecule has 0 aliphatic carbocycles. The normalized spacial score (nSPS) is 19.2. The van der Waals surface area contributed by atoms with Gasteiger partial charge >= 0.3 is 6.09 Å². The lowest BCUT2D eigenvalue weighted by atomic mass is 10.1. The van der Waals surface area contributed by atoms with Gasteiger partial charge in [-0.3, -0.25) is 4.90 Å². The molecule has 56 valence electrons. The Balaban J connectivity index is 2.56. The van der Waals surface area contributed by atoms with E-state index < -0.39 is 6.09 Å². The van der Waals surface area contributed by atoms with Crippen molar-refractivity contribution in [3.63, 3.8) is 0 Å². The third-order valence-corrected chi connectivity index (χ3v) is 1.71. The van der Waals surface area contributed by atoms with Crippen molar-refractivity contribution < 1.29 is 9.90 Å². The molecule has 10 heavy (non-hydrogen) atoms. The van der Waals surface area contributed by atoms with E-state index in [2.05, 4.69) is 6.58 Å². The molecule has 0 radical (unpaired) electrons. The van der Waals surface area contributed by atoms with Crippen LogP contribution in [0.4, 0.5) is 4.79 Å². The molecule has 1 N–H and O–H groups in total. The maximum Gasteiger partial charge on any atom is 0.411 e. The van der Waals surface area contributed by atoms with Gasteiger partial charge < -0.3 is 5.11 Å². The highest BCUT2D eigenvalue weighted by Gasteiger charge is 2.17. The molecule has 0 aromatic rings. The van der Waals surface area contributed by atoms with E-state index in [1.54, 1.807) is 0 Å². The zero-order valence-electron chi connectivity index (χ0n) is 5.84. The molecule has 1 rings (SSSR count). The topological polar surface area (TPSA) is 40.5 Å². The first-order valence-corrected chi connectivity index (χ1v) is 3.40. The van der Waals surface area contributed by atoms with Crippen LogP contribution in [0.15, 0.2) is 12.3 Å². The molecule has 0 spiro atoms. The van der Waals surface area contributed by atoms with Crippen molar-refractivity contribution >= 4 is 6.09 Å². The predicted molar refractivity (Wildman–Crippen MR) is 37.7 cm³/mol. The van der Waals surface area contributed by atoms with E-state index in [9.17, 15) is 4.79 Å². The zero-order valence-corrected chi connectivity index (χ0v) is 5.84. The molecule has 0 saturated carbocycles. The van der Waals surface area contributed by atoms with Crippen molar-refractivity contribution in [2.45, 2.75) is 19.3 Å². The largest absolute Gasteiger partial charge is 0.465 e. The molecule has 1 saturated heterocycles. The molecule has 1 heterocycles. The average Bonchev–Trinajstić information content (AvgIpc) is 1.88. The Hall–Kier alpha value is -0.990. The van der Waals surface area contributed by atoms with E-state index in [1.165, 1.54) is 4.90 Å². The molecule has 0 unspecified atom stereocenters. The number of carbonyl (C=O) groups is 1. The van der Waals surface area contributed by atoms with E-state index in [4.69, 9.17) is 5.11 Å². The van der Waals surface area contributed by atoms with Crippen molar-refractivity contribution in [3.05, 3.63) is 12.3 Å². The van der Waals surface area contributed by atoms with Gasteiger partial charge in [-0.2, -0.15) is 0 Å². The number of amides is 1. The van der Waals surface area contributed by atoms with E-state index in [-0.39, 0.29) is 0 Å². The van der Waals surface area contributed by atoms with Crippen LogP contribution >= 0.6 is 0 Å². The third-order valence-electron chi connectivity index (χ3n) is 1.71. The van der Waals surface area contributed by atoms with Crippen molar-refractivity contribution in [1.82, 2.24) is 4.90 Å². The molecule has 3 heteroatoms. The quantitative estimate of drug-likeness (QED) is 0.557. The van der Waals surface area contributed by atoms with Gasteiger partial charge in [-0.05, 0) is 19.3 Å². The lowest BCUT2D eigenvalue weighted by molar-refractivity contribution is 0.151. The van der Waals surface area contributed by atoms with Crippen LogP contribution in [-0.4, -0.2) is 22.6 Å². The van der Waals surface area contributed by atoms with Crippen LogP contribution in [-0.2, 0) is 0 Å². The van der Waals surface area contributed by atoms with Gasteiger partial charge in [0.25, 0.3) is 0 Å². The van der Waals surface area contributed by atoms with Gasteiger partial charge in [0.15, 0.2) is 0 Å². The monoisotopic (exact) mass is 141 g/mol. The Kier molecular flexibility index (Phi) is 1.94. The number of nitrogens with zero attached hydrogens (tertiary/aromatic N) is 1. The lowest BCUT2D eigenvalue weighted by Crippen LogP contribution is -2.32. The summed E-state index contributed by atoms with van der Waals surface area (Å²) in [5.41, 5.74) is 0.735. The van der Waals surface area contributed by atoms with E-state index >= 15 is 0 Å². The standard InChI is InChI=1S/C7H11NO2/c1-6-4-2-3-5-8(6)7(9)10/h1-5H2,(H,9,10). The molecule has 1 aliphatic heterocycles. The number of piperidine rings is 1. The minimum absolute atomic E-state index is 0.619. The average molecular weight is 141 g/mol. The van der Waals surface area contributed by atoms with Crippen molar-refractivity contribution in [3.8, 4) is 0 Å². The van der Waals surface area contributed by atoms with Gasteiger partial charge in [0, 0.05) is 12.2 Å². The summed E-state index contributed by atoms with van der Waals surface area (Å²) in [6.45, 7) is 4.28. The summed E-state index contributed by atoms with van der Waals surface area (Å²) in [6.07, 6.45) is 1.99. The summed E-state index contributed by atoms with van der Waals surface area (Å²) < 4.78 is 0. The first-order valence-electron chi connectivity index (χ1n) is 3.40. The second-order valence-corrected chi connectivity index (χ2v) is 2.46. The zero-order chi connectivity index (χ0) is 7.56. The molecule has 0 aromatic heterocycles. The molecule has 3 nitrogen and oxygen atoms in total. The Labute approximate surface area is 59.9 Å². The predicted octanol–water partition coefficient (Wildman–Crippen LogP) is 1.66. The van der Waals surface area contributed by atoms with Crippen LogP contribution in [0.1, 0.15) is 19.3 Å². The lowest BCUT2D eigenvalue weighted by Gasteiger charge is -2.25. The maximum atomic E-state index is 10.4. The van der Waals surface area contributed by atoms with Gasteiger partial charge in [-0.25, -0.2) is 4.79 Å².